The van der Waals surface area contributed by atoms with Gasteiger partial charge in [-0.3, -0.25) is 9.59 Å². The second-order valence-corrected chi connectivity index (χ2v) is 9.26. The first-order valence-corrected chi connectivity index (χ1v) is 12.3. The fourth-order valence-corrected chi connectivity index (χ4v) is 4.95. The lowest BCUT2D eigenvalue weighted by molar-refractivity contribution is -0.143. The molecule has 7 heteroatoms. The van der Waals surface area contributed by atoms with Crippen molar-refractivity contribution in [3.8, 4) is 11.5 Å². The van der Waals surface area contributed by atoms with Crippen LogP contribution in [0.25, 0.3) is 0 Å². The minimum absolute atomic E-state index is 0.0219. The van der Waals surface area contributed by atoms with Crippen molar-refractivity contribution in [3.63, 3.8) is 0 Å². The van der Waals surface area contributed by atoms with Crippen LogP contribution in [0.5, 0.6) is 11.5 Å². The highest BCUT2D eigenvalue weighted by Gasteiger charge is 2.33. The van der Waals surface area contributed by atoms with Gasteiger partial charge in [0.05, 0.1) is 19.7 Å². The largest absolute Gasteiger partial charge is 0.493 e. The lowest BCUT2D eigenvalue weighted by Gasteiger charge is -2.37. The minimum Gasteiger partial charge on any atom is -0.493 e. The van der Waals surface area contributed by atoms with Gasteiger partial charge in [-0.05, 0) is 41.5 Å². The number of nitrogens with zero attached hydrogens (tertiary/aromatic N) is 2. The van der Waals surface area contributed by atoms with Gasteiger partial charge in [0, 0.05) is 24.4 Å². The van der Waals surface area contributed by atoms with E-state index in [4.69, 9.17) is 9.47 Å². The standard InChI is InChI=1S/C25H34N2O4S/c1-5-18(3)15-26(24(28)6-2)16-25(29)27-13-11-23-19(12-14-32-23)20(27)17-31-22-10-8-7-9-21(22)30-4/h7-10,12,14,18,20H,5-6,11,13,15-17H2,1-4H3. The van der Waals surface area contributed by atoms with Gasteiger partial charge in [0.2, 0.25) is 11.8 Å². The van der Waals surface area contributed by atoms with Crippen molar-refractivity contribution in [2.75, 3.05) is 33.4 Å². The van der Waals surface area contributed by atoms with Crippen molar-refractivity contribution in [1.82, 2.24) is 9.80 Å². The Kier molecular flexibility index (Phi) is 8.56. The second-order valence-electron chi connectivity index (χ2n) is 8.26. The fourth-order valence-electron chi connectivity index (χ4n) is 4.02. The molecule has 2 unspecified atom stereocenters. The van der Waals surface area contributed by atoms with E-state index in [0.717, 1.165) is 18.4 Å². The summed E-state index contributed by atoms with van der Waals surface area (Å²) in [5.41, 5.74) is 1.14. The van der Waals surface area contributed by atoms with Gasteiger partial charge in [-0.1, -0.05) is 39.3 Å². The average molecular weight is 459 g/mol. The molecular weight excluding hydrogens is 424 g/mol. The number of hydrogen-bond donors (Lipinski definition) is 0. The molecule has 1 aliphatic heterocycles. The molecule has 6 nitrogen and oxygen atoms in total. The van der Waals surface area contributed by atoms with Crippen LogP contribution in [0.2, 0.25) is 0 Å². The molecule has 0 fully saturated rings. The van der Waals surface area contributed by atoms with Crippen LogP contribution in [0.1, 0.15) is 50.1 Å². The topological polar surface area (TPSA) is 59.1 Å². The van der Waals surface area contributed by atoms with Gasteiger partial charge in [-0.25, -0.2) is 0 Å². The fraction of sp³-hybridized carbons (Fsp3) is 0.520. The molecule has 2 aromatic rings. The van der Waals surface area contributed by atoms with Crippen molar-refractivity contribution in [2.24, 2.45) is 5.92 Å². The number of carbonyl (C=O) groups excluding carboxylic acids is 2. The highest BCUT2D eigenvalue weighted by atomic mass is 32.1. The molecule has 0 bridgehead atoms. The first-order chi connectivity index (χ1) is 15.5. The van der Waals surface area contributed by atoms with Crippen LogP contribution in [0.4, 0.5) is 0 Å². The molecule has 0 aliphatic carbocycles. The Balaban J connectivity index is 1.78. The van der Waals surface area contributed by atoms with Gasteiger partial charge in [0.25, 0.3) is 0 Å². The number of para-hydroxylation sites is 2. The summed E-state index contributed by atoms with van der Waals surface area (Å²) in [6.07, 6.45) is 2.20. The maximum absolute atomic E-state index is 13.4. The quantitative estimate of drug-likeness (QED) is 0.524. The number of benzene rings is 1. The molecule has 0 saturated carbocycles. The Morgan fingerprint density at radius 2 is 1.97 bits per heavy atom. The van der Waals surface area contributed by atoms with Crippen molar-refractivity contribution >= 4 is 23.2 Å². The zero-order chi connectivity index (χ0) is 23.1. The zero-order valence-corrected chi connectivity index (χ0v) is 20.3. The number of fused-ring (bicyclic) bond motifs is 1. The highest BCUT2D eigenvalue weighted by Crippen LogP contribution is 2.35. The minimum atomic E-state index is -0.190. The molecule has 0 radical (unpaired) electrons. The molecule has 3 rings (SSSR count). The van der Waals surface area contributed by atoms with Gasteiger partial charge >= 0.3 is 0 Å². The van der Waals surface area contributed by atoms with Crippen molar-refractivity contribution in [2.45, 2.75) is 46.1 Å². The number of ether oxygens (including phenoxy) is 2. The Labute approximate surface area is 195 Å². The van der Waals surface area contributed by atoms with Gasteiger partial charge in [0.1, 0.15) is 6.61 Å². The lowest BCUT2D eigenvalue weighted by Crippen LogP contribution is -2.48. The maximum Gasteiger partial charge on any atom is 0.242 e. The van der Waals surface area contributed by atoms with Crippen LogP contribution in [0.3, 0.4) is 0 Å². The van der Waals surface area contributed by atoms with Crippen LogP contribution in [-0.2, 0) is 16.0 Å². The van der Waals surface area contributed by atoms with Crippen LogP contribution >= 0.6 is 11.3 Å². The Morgan fingerprint density at radius 1 is 1.22 bits per heavy atom. The summed E-state index contributed by atoms with van der Waals surface area (Å²) in [6, 6.07) is 9.43. The number of rotatable bonds is 10. The summed E-state index contributed by atoms with van der Waals surface area (Å²) in [5.74, 6) is 1.67. The molecule has 2 heterocycles. The molecule has 0 N–H and O–H groups in total. The number of thiophene rings is 1. The summed E-state index contributed by atoms with van der Waals surface area (Å²) in [6.45, 7) is 7.75. The van der Waals surface area contributed by atoms with Crippen molar-refractivity contribution in [1.29, 1.82) is 0 Å². The van der Waals surface area contributed by atoms with Crippen molar-refractivity contribution in [3.05, 3.63) is 46.2 Å². The maximum atomic E-state index is 13.4. The molecular formula is C25H34N2O4S. The first kappa shape index (κ1) is 24.1. The molecule has 0 spiro atoms. The van der Waals surface area contributed by atoms with E-state index in [9.17, 15) is 9.59 Å². The lowest BCUT2D eigenvalue weighted by atomic mass is 10.00. The third-order valence-electron chi connectivity index (χ3n) is 6.09. The monoisotopic (exact) mass is 458 g/mol. The first-order valence-electron chi connectivity index (χ1n) is 11.4. The van der Waals surface area contributed by atoms with Gasteiger partial charge in [0.15, 0.2) is 11.5 Å². The molecule has 2 atom stereocenters. The molecule has 1 aromatic carbocycles. The SMILES string of the molecule is CCC(=O)N(CC(=O)N1CCc2sccc2C1COc1ccccc1OC)CC(C)CC. The number of methoxy groups -OCH3 is 1. The molecule has 0 saturated heterocycles. The zero-order valence-electron chi connectivity index (χ0n) is 19.5. The second kappa shape index (κ2) is 11.4. The molecule has 174 valence electrons. The normalized spacial score (nSPS) is 16.2. The third kappa shape index (κ3) is 5.63. The average Bonchev–Trinajstić information content (AvgIpc) is 3.30. The highest BCUT2D eigenvalue weighted by molar-refractivity contribution is 7.10. The van der Waals surface area contributed by atoms with E-state index in [2.05, 4.69) is 25.3 Å². The summed E-state index contributed by atoms with van der Waals surface area (Å²) in [7, 11) is 1.62. The van der Waals surface area contributed by atoms with E-state index in [1.807, 2.05) is 36.1 Å². The summed E-state index contributed by atoms with van der Waals surface area (Å²) >= 11 is 1.72. The van der Waals surface area contributed by atoms with E-state index in [-0.39, 0.29) is 24.4 Å². The summed E-state index contributed by atoms with van der Waals surface area (Å²) < 4.78 is 11.5. The van der Waals surface area contributed by atoms with E-state index in [0.29, 0.717) is 43.5 Å². The van der Waals surface area contributed by atoms with E-state index in [1.54, 1.807) is 23.3 Å². The van der Waals surface area contributed by atoms with E-state index < -0.39 is 0 Å². The van der Waals surface area contributed by atoms with Gasteiger partial charge in [-0.2, -0.15) is 0 Å². The molecule has 2 amide bonds. The summed E-state index contributed by atoms with van der Waals surface area (Å²) in [5, 5.41) is 2.07. The molecule has 32 heavy (non-hydrogen) atoms. The van der Waals surface area contributed by atoms with E-state index in [1.165, 1.54) is 4.88 Å². The number of hydrogen-bond acceptors (Lipinski definition) is 5. The Morgan fingerprint density at radius 3 is 2.66 bits per heavy atom. The number of carbonyl (C=O) groups is 2. The Hall–Kier alpha value is -2.54. The van der Waals surface area contributed by atoms with Crippen LogP contribution < -0.4 is 9.47 Å². The van der Waals surface area contributed by atoms with Crippen LogP contribution in [-0.4, -0.2) is 55.0 Å². The van der Waals surface area contributed by atoms with Crippen LogP contribution in [0.15, 0.2) is 35.7 Å². The van der Waals surface area contributed by atoms with Crippen molar-refractivity contribution < 1.29 is 19.1 Å². The predicted octanol–water partition coefficient (Wildman–Crippen LogP) is 4.55. The Bertz CT molecular complexity index is 913. The van der Waals surface area contributed by atoms with E-state index >= 15 is 0 Å². The molecule has 1 aliphatic rings. The van der Waals surface area contributed by atoms with Crippen LogP contribution in [0, 0.1) is 5.92 Å². The summed E-state index contributed by atoms with van der Waals surface area (Å²) in [4.78, 5) is 30.9. The van der Waals surface area contributed by atoms with Gasteiger partial charge in [-0.15, -0.1) is 11.3 Å². The van der Waals surface area contributed by atoms with Gasteiger partial charge < -0.3 is 19.3 Å². The third-order valence-corrected chi connectivity index (χ3v) is 7.09. The molecule has 1 aromatic heterocycles. The predicted molar refractivity (Wildman–Crippen MR) is 127 cm³/mol. The number of amides is 2. The smallest absolute Gasteiger partial charge is 0.242 e.